The van der Waals surface area contributed by atoms with Crippen molar-refractivity contribution >= 4 is 29.5 Å². The van der Waals surface area contributed by atoms with Gasteiger partial charge in [0, 0.05) is 0 Å². The van der Waals surface area contributed by atoms with Gasteiger partial charge >= 0.3 is 5.97 Å². The molecule has 0 saturated heterocycles. The van der Waals surface area contributed by atoms with E-state index < -0.39 is 11.8 Å². The highest BCUT2D eigenvalue weighted by atomic mass is 35.5. The number of halogens is 2. The molecule has 28 heavy (non-hydrogen) atoms. The van der Waals surface area contributed by atoms with E-state index in [9.17, 15) is 9.18 Å². The Labute approximate surface area is 166 Å². The average Bonchev–Trinajstić information content (AvgIpc) is 2.70. The standard InChI is InChI=1S/C21H16ClFN2O3/c1-27-20-12-14(13-24-25-18-9-5-3-7-16(18)22)10-11-19(20)28-21(26)15-6-2-4-8-17(15)23/h2-13,25H,1H3/b24-13-. The second-order valence-corrected chi connectivity index (χ2v) is 6.04. The van der Waals surface area contributed by atoms with Gasteiger partial charge in [0.05, 0.1) is 29.6 Å². The Kier molecular flexibility index (Phi) is 6.24. The first-order chi connectivity index (χ1) is 13.6. The van der Waals surface area contributed by atoms with Gasteiger partial charge in [-0.3, -0.25) is 5.43 Å². The highest BCUT2D eigenvalue weighted by molar-refractivity contribution is 6.33. The maximum atomic E-state index is 13.7. The smallest absolute Gasteiger partial charge is 0.346 e. The largest absolute Gasteiger partial charge is 0.493 e. The van der Waals surface area contributed by atoms with E-state index in [4.69, 9.17) is 21.1 Å². The molecule has 0 saturated carbocycles. The Morgan fingerprint density at radius 3 is 2.57 bits per heavy atom. The molecule has 0 fully saturated rings. The van der Waals surface area contributed by atoms with Gasteiger partial charge in [0.15, 0.2) is 11.5 Å². The Morgan fingerprint density at radius 2 is 1.82 bits per heavy atom. The Balaban J connectivity index is 1.73. The molecular formula is C21H16ClFN2O3. The van der Waals surface area contributed by atoms with E-state index in [1.165, 1.54) is 25.3 Å². The molecule has 7 heteroatoms. The van der Waals surface area contributed by atoms with Crippen molar-refractivity contribution in [2.24, 2.45) is 5.10 Å². The number of hydrogen-bond donors (Lipinski definition) is 1. The van der Waals surface area contributed by atoms with Gasteiger partial charge in [0.1, 0.15) is 5.82 Å². The van der Waals surface area contributed by atoms with Crippen LogP contribution in [-0.2, 0) is 0 Å². The number of anilines is 1. The van der Waals surface area contributed by atoms with Gasteiger partial charge in [-0.15, -0.1) is 0 Å². The van der Waals surface area contributed by atoms with Gasteiger partial charge in [-0.2, -0.15) is 5.10 Å². The summed E-state index contributed by atoms with van der Waals surface area (Å²) in [6.07, 6.45) is 1.56. The lowest BCUT2D eigenvalue weighted by molar-refractivity contribution is 0.0725. The monoisotopic (exact) mass is 398 g/mol. The number of benzene rings is 3. The van der Waals surface area contributed by atoms with Crippen molar-refractivity contribution in [3.05, 3.63) is 88.7 Å². The molecular weight excluding hydrogens is 383 g/mol. The number of rotatable bonds is 6. The molecule has 0 radical (unpaired) electrons. The van der Waals surface area contributed by atoms with E-state index in [-0.39, 0.29) is 11.3 Å². The summed E-state index contributed by atoms with van der Waals surface area (Å²) in [5, 5.41) is 4.67. The van der Waals surface area contributed by atoms with Crippen LogP contribution in [-0.4, -0.2) is 19.3 Å². The maximum Gasteiger partial charge on any atom is 0.346 e. The molecule has 3 aromatic carbocycles. The summed E-state index contributed by atoms with van der Waals surface area (Å²) in [6, 6.07) is 17.7. The molecule has 0 aliphatic rings. The molecule has 0 bridgehead atoms. The second-order valence-electron chi connectivity index (χ2n) is 5.63. The van der Waals surface area contributed by atoms with Crippen LogP contribution in [0.15, 0.2) is 71.8 Å². The molecule has 3 aromatic rings. The molecule has 0 aliphatic carbocycles. The van der Waals surface area contributed by atoms with Gasteiger partial charge < -0.3 is 9.47 Å². The fourth-order valence-electron chi connectivity index (χ4n) is 2.36. The molecule has 0 spiro atoms. The summed E-state index contributed by atoms with van der Waals surface area (Å²) in [4.78, 5) is 12.2. The second kappa shape index (κ2) is 9.01. The van der Waals surface area contributed by atoms with Crippen LogP contribution in [0.3, 0.4) is 0 Å². The zero-order valence-electron chi connectivity index (χ0n) is 14.9. The Morgan fingerprint density at radius 1 is 1.07 bits per heavy atom. The number of hydrazone groups is 1. The third-order valence-corrected chi connectivity index (χ3v) is 4.09. The first kappa shape index (κ1) is 19.4. The van der Waals surface area contributed by atoms with Crippen LogP contribution in [0.1, 0.15) is 15.9 Å². The van der Waals surface area contributed by atoms with E-state index in [1.807, 2.05) is 12.1 Å². The number of carbonyl (C=O) groups excluding carboxylic acids is 1. The quantitative estimate of drug-likeness (QED) is 0.270. The summed E-state index contributed by atoms with van der Waals surface area (Å²) in [7, 11) is 1.44. The number of hydrogen-bond acceptors (Lipinski definition) is 5. The SMILES string of the molecule is COc1cc(/C=N\Nc2ccccc2Cl)ccc1OC(=O)c1ccccc1F. The molecule has 1 N–H and O–H groups in total. The van der Waals surface area contributed by atoms with Crippen molar-refractivity contribution in [2.45, 2.75) is 0 Å². The van der Waals surface area contributed by atoms with Gasteiger partial charge in [0.25, 0.3) is 0 Å². The lowest BCUT2D eigenvalue weighted by atomic mass is 10.2. The van der Waals surface area contributed by atoms with Gasteiger partial charge in [-0.05, 0) is 48.0 Å². The molecule has 0 amide bonds. The van der Waals surface area contributed by atoms with Crippen molar-refractivity contribution in [2.75, 3.05) is 12.5 Å². The lowest BCUT2D eigenvalue weighted by Gasteiger charge is -2.10. The fraction of sp³-hybridized carbons (Fsp3) is 0.0476. The average molecular weight is 399 g/mol. The van der Waals surface area contributed by atoms with Crippen LogP contribution in [0.5, 0.6) is 11.5 Å². The van der Waals surface area contributed by atoms with Crippen LogP contribution >= 0.6 is 11.6 Å². The minimum Gasteiger partial charge on any atom is -0.493 e. The summed E-state index contributed by atoms with van der Waals surface area (Å²) >= 11 is 6.05. The molecule has 0 atom stereocenters. The first-order valence-corrected chi connectivity index (χ1v) is 8.64. The Hall–Kier alpha value is -3.38. The zero-order valence-corrected chi connectivity index (χ0v) is 15.6. The zero-order chi connectivity index (χ0) is 19.9. The molecule has 0 aromatic heterocycles. The number of nitrogens with zero attached hydrogens (tertiary/aromatic N) is 1. The topological polar surface area (TPSA) is 59.9 Å². The van der Waals surface area contributed by atoms with E-state index >= 15 is 0 Å². The van der Waals surface area contributed by atoms with Gasteiger partial charge in [-0.25, -0.2) is 9.18 Å². The number of carbonyl (C=O) groups is 1. The van der Waals surface area contributed by atoms with Gasteiger partial charge in [-0.1, -0.05) is 35.9 Å². The summed E-state index contributed by atoms with van der Waals surface area (Å²) in [5.41, 5.74) is 4.06. The Bertz CT molecular complexity index is 1020. The normalized spacial score (nSPS) is 10.7. The molecule has 142 valence electrons. The predicted molar refractivity (Wildman–Crippen MR) is 107 cm³/mol. The highest BCUT2D eigenvalue weighted by Gasteiger charge is 2.16. The van der Waals surface area contributed by atoms with E-state index in [2.05, 4.69) is 10.5 Å². The highest BCUT2D eigenvalue weighted by Crippen LogP contribution is 2.29. The van der Waals surface area contributed by atoms with Crippen molar-refractivity contribution in [3.8, 4) is 11.5 Å². The van der Waals surface area contributed by atoms with E-state index in [0.29, 0.717) is 22.0 Å². The summed E-state index contributed by atoms with van der Waals surface area (Å²) < 4.78 is 24.3. The number of para-hydroxylation sites is 1. The molecule has 0 heterocycles. The molecule has 0 aliphatic heterocycles. The minimum absolute atomic E-state index is 0.154. The van der Waals surface area contributed by atoms with E-state index in [1.54, 1.807) is 42.6 Å². The molecule has 5 nitrogen and oxygen atoms in total. The number of esters is 1. The van der Waals surface area contributed by atoms with Gasteiger partial charge in [0.2, 0.25) is 0 Å². The summed E-state index contributed by atoms with van der Waals surface area (Å²) in [6.45, 7) is 0. The third-order valence-electron chi connectivity index (χ3n) is 3.76. The number of methoxy groups -OCH3 is 1. The van der Waals surface area contributed by atoms with Crippen LogP contribution in [0, 0.1) is 5.82 Å². The van der Waals surface area contributed by atoms with Crippen molar-refractivity contribution < 1.29 is 18.7 Å². The predicted octanol–water partition coefficient (Wildman–Crippen LogP) is 5.15. The van der Waals surface area contributed by atoms with Crippen LogP contribution in [0.2, 0.25) is 5.02 Å². The third kappa shape index (κ3) is 4.66. The van der Waals surface area contributed by atoms with Crippen molar-refractivity contribution in [3.63, 3.8) is 0 Å². The summed E-state index contributed by atoms with van der Waals surface area (Å²) in [5.74, 6) is -0.975. The minimum atomic E-state index is -0.807. The number of ether oxygens (including phenoxy) is 2. The maximum absolute atomic E-state index is 13.7. The van der Waals surface area contributed by atoms with Crippen molar-refractivity contribution in [1.29, 1.82) is 0 Å². The van der Waals surface area contributed by atoms with E-state index in [0.717, 1.165) is 0 Å². The van der Waals surface area contributed by atoms with Crippen LogP contribution < -0.4 is 14.9 Å². The molecule has 3 rings (SSSR count). The molecule has 0 unspecified atom stereocenters. The van der Waals surface area contributed by atoms with Crippen LogP contribution in [0.25, 0.3) is 0 Å². The lowest BCUT2D eigenvalue weighted by Crippen LogP contribution is -2.11. The number of nitrogens with one attached hydrogen (secondary N) is 1. The first-order valence-electron chi connectivity index (χ1n) is 8.27. The van der Waals surface area contributed by atoms with Crippen molar-refractivity contribution in [1.82, 2.24) is 0 Å². The van der Waals surface area contributed by atoms with Crippen LogP contribution in [0.4, 0.5) is 10.1 Å². The fourth-order valence-corrected chi connectivity index (χ4v) is 2.54.